The smallest absolute Gasteiger partial charge is 0.239 e. The number of amides is 1. The van der Waals surface area contributed by atoms with Crippen LogP contribution < -0.4 is 15.4 Å². The van der Waals surface area contributed by atoms with Crippen LogP contribution in [0.3, 0.4) is 0 Å². The number of hydrogen-bond donors (Lipinski definition) is 2. The van der Waals surface area contributed by atoms with E-state index < -0.39 is 0 Å². The van der Waals surface area contributed by atoms with Crippen molar-refractivity contribution in [1.82, 2.24) is 15.5 Å². The normalized spacial score (nSPS) is 19.6. The molecule has 0 aromatic heterocycles. The number of nitrogens with zero attached hydrogens (tertiary/aromatic N) is 2. The van der Waals surface area contributed by atoms with E-state index in [0.29, 0.717) is 6.04 Å². The minimum absolute atomic E-state index is 0.0605. The molecule has 2 fully saturated rings. The first-order valence-corrected chi connectivity index (χ1v) is 10.2. The van der Waals surface area contributed by atoms with Crippen LogP contribution in [-0.4, -0.2) is 55.6 Å². The van der Waals surface area contributed by atoms with Gasteiger partial charge >= 0.3 is 0 Å². The van der Waals surface area contributed by atoms with Crippen molar-refractivity contribution in [3.63, 3.8) is 0 Å². The third-order valence-corrected chi connectivity index (χ3v) is 5.38. The van der Waals surface area contributed by atoms with Crippen LogP contribution in [0.25, 0.3) is 0 Å². The van der Waals surface area contributed by atoms with Crippen molar-refractivity contribution in [2.75, 3.05) is 26.7 Å². The van der Waals surface area contributed by atoms with E-state index >= 15 is 0 Å². The standard InChI is InChI=1S/C21H32N4O2/c1-22-21(23-16-20(26)24-17-8-4-2-5-9-17)25-14-12-19(13-15-25)27-18-10-6-3-7-11-18/h3,6-7,10-11,17,19H,2,4-5,8-9,12-16H2,1H3,(H,22,23)(H,24,26). The highest BCUT2D eigenvalue weighted by molar-refractivity contribution is 5.86. The number of aliphatic imine (C=N–C) groups is 1. The fraction of sp³-hybridized carbons (Fsp3) is 0.619. The zero-order valence-electron chi connectivity index (χ0n) is 16.3. The Morgan fingerprint density at radius 3 is 2.48 bits per heavy atom. The summed E-state index contributed by atoms with van der Waals surface area (Å²) in [6.45, 7) is 2.03. The second-order valence-corrected chi connectivity index (χ2v) is 7.42. The van der Waals surface area contributed by atoms with Crippen molar-refractivity contribution in [2.45, 2.75) is 57.1 Å². The van der Waals surface area contributed by atoms with Gasteiger partial charge in [0.25, 0.3) is 0 Å². The van der Waals surface area contributed by atoms with E-state index in [1.54, 1.807) is 7.05 Å². The lowest BCUT2D eigenvalue weighted by Gasteiger charge is -2.34. The van der Waals surface area contributed by atoms with E-state index in [-0.39, 0.29) is 18.6 Å². The maximum absolute atomic E-state index is 12.2. The number of carbonyl (C=O) groups excluding carboxylic acids is 1. The van der Waals surface area contributed by atoms with Gasteiger partial charge < -0.3 is 20.3 Å². The summed E-state index contributed by atoms with van der Waals surface area (Å²) in [7, 11) is 1.77. The van der Waals surface area contributed by atoms with E-state index in [1.807, 2.05) is 30.3 Å². The summed E-state index contributed by atoms with van der Waals surface area (Å²) in [5.41, 5.74) is 0. The molecule has 1 aliphatic heterocycles. The van der Waals surface area contributed by atoms with Gasteiger partial charge in [0.15, 0.2) is 5.96 Å². The second-order valence-electron chi connectivity index (χ2n) is 7.42. The number of piperidine rings is 1. The predicted molar refractivity (Wildman–Crippen MR) is 108 cm³/mol. The summed E-state index contributed by atoms with van der Waals surface area (Å²) in [6.07, 6.45) is 8.08. The summed E-state index contributed by atoms with van der Waals surface area (Å²) in [5.74, 6) is 1.79. The van der Waals surface area contributed by atoms with Gasteiger partial charge in [0.1, 0.15) is 11.9 Å². The second kappa shape index (κ2) is 10.2. The first kappa shape index (κ1) is 19.5. The molecule has 0 atom stereocenters. The van der Waals surface area contributed by atoms with Crippen LogP contribution in [-0.2, 0) is 4.79 Å². The molecule has 6 nitrogen and oxygen atoms in total. The number of nitrogens with one attached hydrogen (secondary N) is 2. The van der Waals surface area contributed by atoms with E-state index in [9.17, 15) is 4.79 Å². The minimum atomic E-state index is 0.0605. The first-order chi connectivity index (χ1) is 13.2. The molecule has 0 radical (unpaired) electrons. The van der Waals surface area contributed by atoms with Gasteiger partial charge in [-0.3, -0.25) is 9.79 Å². The number of hydrogen-bond acceptors (Lipinski definition) is 3. The summed E-state index contributed by atoms with van der Waals surface area (Å²) < 4.78 is 6.05. The maximum atomic E-state index is 12.2. The highest BCUT2D eigenvalue weighted by atomic mass is 16.5. The number of ether oxygens (including phenoxy) is 1. The summed E-state index contributed by atoms with van der Waals surface area (Å²) in [6, 6.07) is 10.3. The Balaban J connectivity index is 1.39. The van der Waals surface area contributed by atoms with Crippen LogP contribution in [0, 0.1) is 0 Å². The minimum Gasteiger partial charge on any atom is -0.490 e. The topological polar surface area (TPSA) is 66.0 Å². The quantitative estimate of drug-likeness (QED) is 0.616. The zero-order chi connectivity index (χ0) is 18.9. The lowest BCUT2D eigenvalue weighted by molar-refractivity contribution is -0.120. The Morgan fingerprint density at radius 2 is 1.81 bits per heavy atom. The van der Waals surface area contributed by atoms with Gasteiger partial charge in [0, 0.05) is 39.0 Å². The van der Waals surface area contributed by atoms with Crippen LogP contribution in [0.15, 0.2) is 35.3 Å². The highest BCUT2D eigenvalue weighted by Crippen LogP contribution is 2.19. The molecule has 1 aromatic carbocycles. The van der Waals surface area contributed by atoms with Gasteiger partial charge in [-0.05, 0) is 25.0 Å². The monoisotopic (exact) mass is 372 g/mol. The Hall–Kier alpha value is -2.24. The first-order valence-electron chi connectivity index (χ1n) is 10.2. The van der Waals surface area contributed by atoms with Gasteiger partial charge in [-0.1, -0.05) is 37.5 Å². The zero-order valence-corrected chi connectivity index (χ0v) is 16.3. The van der Waals surface area contributed by atoms with Gasteiger partial charge in [-0.2, -0.15) is 0 Å². The molecule has 1 aromatic rings. The van der Waals surface area contributed by atoms with Crippen LogP contribution >= 0.6 is 0 Å². The lowest BCUT2D eigenvalue weighted by Crippen LogP contribution is -2.50. The summed E-state index contributed by atoms with van der Waals surface area (Å²) in [5, 5.41) is 6.36. The SMILES string of the molecule is CN=C(NCC(=O)NC1CCCCC1)N1CCC(Oc2ccccc2)CC1. The molecular formula is C21H32N4O2. The molecule has 3 rings (SSSR count). The van der Waals surface area contributed by atoms with Crippen LogP contribution in [0.5, 0.6) is 5.75 Å². The molecule has 6 heteroatoms. The molecule has 1 amide bonds. The van der Waals surface area contributed by atoms with Gasteiger partial charge in [-0.25, -0.2) is 0 Å². The fourth-order valence-electron chi connectivity index (χ4n) is 3.89. The summed E-state index contributed by atoms with van der Waals surface area (Å²) >= 11 is 0. The van der Waals surface area contributed by atoms with Crippen molar-refractivity contribution in [1.29, 1.82) is 0 Å². The van der Waals surface area contributed by atoms with E-state index in [1.165, 1.54) is 19.3 Å². The maximum Gasteiger partial charge on any atom is 0.239 e. The number of carbonyl (C=O) groups is 1. The van der Waals surface area contributed by atoms with Crippen molar-refractivity contribution >= 4 is 11.9 Å². The van der Waals surface area contributed by atoms with E-state index in [0.717, 1.165) is 50.5 Å². The van der Waals surface area contributed by atoms with Crippen molar-refractivity contribution in [3.05, 3.63) is 30.3 Å². The third kappa shape index (κ3) is 6.15. The average Bonchev–Trinajstić information content (AvgIpc) is 2.71. The van der Waals surface area contributed by atoms with E-state index in [2.05, 4.69) is 20.5 Å². The molecule has 27 heavy (non-hydrogen) atoms. The number of rotatable bonds is 5. The van der Waals surface area contributed by atoms with Gasteiger partial charge in [-0.15, -0.1) is 0 Å². The average molecular weight is 373 g/mol. The fourth-order valence-corrected chi connectivity index (χ4v) is 3.89. The molecule has 2 aliphatic rings. The van der Waals surface area contributed by atoms with Gasteiger partial charge in [0.05, 0.1) is 6.54 Å². The number of guanidine groups is 1. The highest BCUT2D eigenvalue weighted by Gasteiger charge is 2.23. The van der Waals surface area contributed by atoms with Crippen LogP contribution in [0.2, 0.25) is 0 Å². The van der Waals surface area contributed by atoms with Crippen LogP contribution in [0.4, 0.5) is 0 Å². The molecule has 0 unspecified atom stereocenters. The van der Waals surface area contributed by atoms with Crippen molar-refractivity contribution in [2.24, 2.45) is 4.99 Å². The predicted octanol–water partition coefficient (Wildman–Crippen LogP) is 2.55. The Bertz CT molecular complexity index is 606. The molecule has 148 valence electrons. The molecule has 1 saturated heterocycles. The molecule has 1 saturated carbocycles. The van der Waals surface area contributed by atoms with Crippen molar-refractivity contribution in [3.8, 4) is 5.75 Å². The summed E-state index contributed by atoms with van der Waals surface area (Å²) in [4.78, 5) is 18.8. The molecule has 0 spiro atoms. The number of likely N-dealkylation sites (tertiary alicyclic amines) is 1. The van der Waals surface area contributed by atoms with Crippen molar-refractivity contribution < 1.29 is 9.53 Å². The Kier molecular flexibility index (Phi) is 7.36. The molecule has 1 heterocycles. The molecule has 2 N–H and O–H groups in total. The third-order valence-electron chi connectivity index (χ3n) is 5.38. The molecule has 0 bridgehead atoms. The van der Waals surface area contributed by atoms with E-state index in [4.69, 9.17) is 4.74 Å². The van der Waals surface area contributed by atoms with Crippen LogP contribution in [0.1, 0.15) is 44.9 Å². The molecular weight excluding hydrogens is 340 g/mol. The Morgan fingerprint density at radius 1 is 1.11 bits per heavy atom. The number of benzene rings is 1. The van der Waals surface area contributed by atoms with Gasteiger partial charge in [0.2, 0.25) is 5.91 Å². The molecule has 1 aliphatic carbocycles. The lowest BCUT2D eigenvalue weighted by atomic mass is 9.95. The Labute approximate surface area is 162 Å². The number of para-hydroxylation sites is 1. The largest absolute Gasteiger partial charge is 0.490 e.